The van der Waals surface area contributed by atoms with Crippen LogP contribution in [-0.4, -0.2) is 24.1 Å². The van der Waals surface area contributed by atoms with Crippen LogP contribution < -0.4 is 5.32 Å². The van der Waals surface area contributed by atoms with Crippen molar-refractivity contribution in [3.05, 3.63) is 83.6 Å². The predicted molar refractivity (Wildman–Crippen MR) is 107 cm³/mol. The lowest BCUT2D eigenvalue weighted by Gasteiger charge is -2.31. The maximum atomic E-state index is 12.4. The van der Waals surface area contributed by atoms with Gasteiger partial charge in [0.25, 0.3) is 0 Å². The molecule has 0 aliphatic carbocycles. The summed E-state index contributed by atoms with van der Waals surface area (Å²) >= 11 is 0. The van der Waals surface area contributed by atoms with Crippen LogP contribution in [0.5, 0.6) is 0 Å². The van der Waals surface area contributed by atoms with Gasteiger partial charge in [-0.25, -0.2) is 0 Å². The fourth-order valence-electron chi connectivity index (χ4n) is 4.28. The van der Waals surface area contributed by atoms with Gasteiger partial charge >= 0.3 is 5.97 Å². The molecule has 1 aromatic heterocycles. The van der Waals surface area contributed by atoms with Crippen molar-refractivity contribution in [3.8, 4) is 0 Å². The third-order valence-electron chi connectivity index (χ3n) is 5.53. The second-order valence-electron chi connectivity index (χ2n) is 7.01. The zero-order valence-corrected chi connectivity index (χ0v) is 15.0. The largest absolute Gasteiger partial charge is 0.468 e. The molecule has 4 heteroatoms. The Kier molecular flexibility index (Phi) is 3.73. The number of methoxy groups -OCH3 is 1. The fraction of sp³-hybridized carbons (Fsp3) is 0.174. The van der Waals surface area contributed by atoms with E-state index in [1.807, 2.05) is 18.2 Å². The average molecular weight is 356 g/mol. The van der Waals surface area contributed by atoms with Crippen molar-refractivity contribution in [2.75, 3.05) is 7.11 Å². The van der Waals surface area contributed by atoms with E-state index in [0.29, 0.717) is 6.42 Å². The van der Waals surface area contributed by atoms with E-state index in [0.717, 1.165) is 16.8 Å². The van der Waals surface area contributed by atoms with Crippen molar-refractivity contribution in [3.63, 3.8) is 0 Å². The van der Waals surface area contributed by atoms with Crippen molar-refractivity contribution in [1.82, 2.24) is 10.3 Å². The maximum Gasteiger partial charge on any atom is 0.323 e. The first-order valence-electron chi connectivity index (χ1n) is 9.17. The van der Waals surface area contributed by atoms with E-state index in [2.05, 4.69) is 58.8 Å². The molecule has 1 aliphatic rings. The molecular weight excluding hydrogens is 336 g/mol. The van der Waals surface area contributed by atoms with Gasteiger partial charge in [-0.3, -0.25) is 10.1 Å². The van der Waals surface area contributed by atoms with Gasteiger partial charge < -0.3 is 9.72 Å². The van der Waals surface area contributed by atoms with Crippen LogP contribution in [0.2, 0.25) is 0 Å². The standard InChI is InChI=1S/C23H20N2O2/c1-27-23(26)20-13-18-16-10-4-5-12-19(16)24-22(18)21(25-20)17-11-6-8-14-7-2-3-9-15(14)17/h2-12,20-21,24-25H,13H2,1H3/t20-,21+/m1/s1. The van der Waals surface area contributed by atoms with E-state index in [1.165, 1.54) is 28.8 Å². The Morgan fingerprint density at radius 2 is 1.70 bits per heavy atom. The monoisotopic (exact) mass is 356 g/mol. The van der Waals surface area contributed by atoms with Gasteiger partial charge in [-0.2, -0.15) is 0 Å². The number of aromatic amines is 1. The summed E-state index contributed by atoms with van der Waals surface area (Å²) < 4.78 is 5.05. The summed E-state index contributed by atoms with van der Waals surface area (Å²) in [5.74, 6) is -0.226. The van der Waals surface area contributed by atoms with Crippen LogP contribution in [0, 0.1) is 0 Å². The molecule has 134 valence electrons. The predicted octanol–water partition coefficient (Wildman–Crippen LogP) is 4.10. The topological polar surface area (TPSA) is 54.1 Å². The van der Waals surface area contributed by atoms with Gasteiger partial charge in [0.2, 0.25) is 0 Å². The summed E-state index contributed by atoms with van der Waals surface area (Å²) in [7, 11) is 1.45. The smallest absolute Gasteiger partial charge is 0.323 e. The Balaban J connectivity index is 1.75. The third-order valence-corrected chi connectivity index (χ3v) is 5.53. The van der Waals surface area contributed by atoms with Crippen LogP contribution in [0.3, 0.4) is 0 Å². The average Bonchev–Trinajstić information content (AvgIpc) is 3.11. The molecule has 5 rings (SSSR count). The molecule has 0 unspecified atom stereocenters. The number of fused-ring (bicyclic) bond motifs is 4. The summed E-state index contributed by atoms with van der Waals surface area (Å²) in [6.45, 7) is 0. The zero-order chi connectivity index (χ0) is 18.4. The minimum atomic E-state index is -0.370. The number of nitrogens with one attached hydrogen (secondary N) is 2. The van der Waals surface area contributed by atoms with Gasteiger partial charge in [-0.15, -0.1) is 0 Å². The number of esters is 1. The molecule has 4 aromatic rings. The highest BCUT2D eigenvalue weighted by molar-refractivity contribution is 5.90. The molecule has 2 N–H and O–H groups in total. The maximum absolute atomic E-state index is 12.4. The lowest BCUT2D eigenvalue weighted by Crippen LogP contribution is -2.45. The normalized spacial score (nSPS) is 19.1. The van der Waals surface area contributed by atoms with Crippen molar-refractivity contribution in [1.29, 1.82) is 0 Å². The number of carbonyl (C=O) groups is 1. The van der Waals surface area contributed by atoms with E-state index in [4.69, 9.17) is 4.74 Å². The van der Waals surface area contributed by atoms with Gasteiger partial charge in [0, 0.05) is 23.0 Å². The highest BCUT2D eigenvalue weighted by Gasteiger charge is 2.34. The van der Waals surface area contributed by atoms with Crippen molar-refractivity contribution in [2.24, 2.45) is 0 Å². The first-order chi connectivity index (χ1) is 13.3. The lowest BCUT2D eigenvalue weighted by atomic mass is 9.88. The molecule has 3 aromatic carbocycles. The van der Waals surface area contributed by atoms with E-state index in [9.17, 15) is 4.79 Å². The summed E-state index contributed by atoms with van der Waals surface area (Å²) in [6, 6.07) is 22.5. The Hall–Kier alpha value is -3.11. The van der Waals surface area contributed by atoms with E-state index < -0.39 is 0 Å². The molecule has 0 saturated heterocycles. The van der Waals surface area contributed by atoms with Crippen LogP contribution in [0.4, 0.5) is 0 Å². The zero-order valence-electron chi connectivity index (χ0n) is 15.0. The summed E-state index contributed by atoms with van der Waals surface area (Å²) in [4.78, 5) is 16.0. The van der Waals surface area contributed by atoms with Crippen LogP contribution in [0.1, 0.15) is 22.9 Å². The molecule has 1 aliphatic heterocycles. The Bertz CT molecular complexity index is 1160. The second kappa shape index (κ2) is 6.25. The van der Waals surface area contributed by atoms with Gasteiger partial charge in [0.05, 0.1) is 13.2 Å². The number of rotatable bonds is 2. The highest BCUT2D eigenvalue weighted by Crippen LogP contribution is 2.37. The number of H-pyrrole nitrogens is 1. The molecule has 2 heterocycles. The number of para-hydroxylation sites is 1. The minimum Gasteiger partial charge on any atom is -0.468 e. The van der Waals surface area contributed by atoms with Crippen molar-refractivity contribution >= 4 is 27.6 Å². The van der Waals surface area contributed by atoms with Gasteiger partial charge in [0.1, 0.15) is 6.04 Å². The van der Waals surface area contributed by atoms with Crippen molar-refractivity contribution < 1.29 is 9.53 Å². The molecule has 27 heavy (non-hydrogen) atoms. The van der Waals surface area contributed by atoms with Crippen LogP contribution in [-0.2, 0) is 16.0 Å². The SMILES string of the molecule is COC(=O)[C@H]1Cc2c([nH]c3ccccc23)[C@H](c2cccc3ccccc23)N1. The summed E-state index contributed by atoms with van der Waals surface area (Å²) in [6.07, 6.45) is 0.618. The molecule has 0 spiro atoms. The lowest BCUT2D eigenvalue weighted by molar-refractivity contribution is -0.143. The number of hydrogen-bond acceptors (Lipinski definition) is 3. The van der Waals surface area contributed by atoms with Crippen LogP contribution in [0.15, 0.2) is 66.7 Å². The summed E-state index contributed by atoms with van der Waals surface area (Å²) in [5, 5.41) is 7.08. The molecule has 0 radical (unpaired) electrons. The van der Waals surface area contributed by atoms with Gasteiger partial charge in [-0.05, 0) is 28.0 Å². The number of aromatic nitrogens is 1. The second-order valence-corrected chi connectivity index (χ2v) is 7.01. The third kappa shape index (κ3) is 2.53. The molecule has 0 saturated carbocycles. The van der Waals surface area contributed by atoms with Crippen LogP contribution >= 0.6 is 0 Å². The van der Waals surface area contributed by atoms with E-state index >= 15 is 0 Å². The number of carbonyl (C=O) groups excluding carboxylic acids is 1. The fourth-order valence-corrected chi connectivity index (χ4v) is 4.28. The molecular formula is C23H20N2O2. The Morgan fingerprint density at radius 1 is 0.963 bits per heavy atom. The Labute approximate surface area is 157 Å². The molecule has 0 fully saturated rings. The number of hydrogen-bond donors (Lipinski definition) is 2. The Morgan fingerprint density at radius 3 is 2.56 bits per heavy atom. The molecule has 4 nitrogen and oxygen atoms in total. The molecule has 2 atom stereocenters. The number of ether oxygens (including phenoxy) is 1. The van der Waals surface area contributed by atoms with E-state index in [1.54, 1.807) is 0 Å². The van der Waals surface area contributed by atoms with Crippen LogP contribution in [0.25, 0.3) is 21.7 Å². The van der Waals surface area contributed by atoms with Crippen molar-refractivity contribution in [2.45, 2.75) is 18.5 Å². The first-order valence-corrected chi connectivity index (χ1v) is 9.17. The van der Waals surface area contributed by atoms with Gasteiger partial charge in [-0.1, -0.05) is 60.7 Å². The quantitative estimate of drug-likeness (QED) is 0.532. The number of benzene rings is 3. The summed E-state index contributed by atoms with van der Waals surface area (Å²) in [5.41, 5.74) is 4.58. The van der Waals surface area contributed by atoms with E-state index in [-0.39, 0.29) is 18.1 Å². The highest BCUT2D eigenvalue weighted by atomic mass is 16.5. The first kappa shape index (κ1) is 16.1. The van der Waals surface area contributed by atoms with Gasteiger partial charge in [0.15, 0.2) is 0 Å². The molecule has 0 bridgehead atoms. The minimum absolute atomic E-state index is 0.101. The molecule has 0 amide bonds.